The molecule has 7 nitrogen and oxygen atoms in total. The molecule has 0 aromatic heterocycles. The number of benzene rings is 1. The number of rotatable bonds is 4. The van der Waals surface area contributed by atoms with Crippen LogP contribution in [0.25, 0.3) is 0 Å². The number of hydrogen-bond donors (Lipinski definition) is 2. The van der Waals surface area contributed by atoms with E-state index in [1.807, 2.05) is 0 Å². The van der Waals surface area contributed by atoms with Crippen LogP contribution in [0, 0.1) is 5.92 Å². The Morgan fingerprint density at radius 3 is 2.62 bits per heavy atom. The number of anilines is 2. The maximum atomic E-state index is 12.4. The van der Waals surface area contributed by atoms with Gasteiger partial charge >= 0.3 is 6.09 Å². The fourth-order valence-corrected chi connectivity index (χ4v) is 2.65. The molecule has 130 valence electrons. The van der Waals surface area contributed by atoms with Gasteiger partial charge in [-0.2, -0.15) is 0 Å². The van der Waals surface area contributed by atoms with Gasteiger partial charge in [0.1, 0.15) is 0 Å². The van der Waals surface area contributed by atoms with Crippen molar-refractivity contribution in [3.8, 4) is 0 Å². The van der Waals surface area contributed by atoms with Gasteiger partial charge in [0, 0.05) is 30.9 Å². The zero-order valence-corrected chi connectivity index (χ0v) is 14.0. The first-order chi connectivity index (χ1) is 11.5. The van der Waals surface area contributed by atoms with Crippen molar-refractivity contribution in [2.45, 2.75) is 26.2 Å². The van der Waals surface area contributed by atoms with Gasteiger partial charge in [0.05, 0.1) is 13.0 Å². The fourth-order valence-electron chi connectivity index (χ4n) is 2.65. The molecule has 1 fully saturated rings. The summed E-state index contributed by atoms with van der Waals surface area (Å²) in [4.78, 5) is 37.0. The van der Waals surface area contributed by atoms with Gasteiger partial charge in [0.25, 0.3) is 0 Å². The Hall–Kier alpha value is -2.57. The molecule has 3 amide bonds. The number of carbonyl (C=O) groups excluding carboxylic acids is 3. The highest BCUT2D eigenvalue weighted by molar-refractivity contribution is 5.95. The minimum Gasteiger partial charge on any atom is -0.453 e. The highest BCUT2D eigenvalue weighted by atomic mass is 16.5. The third-order valence-electron chi connectivity index (χ3n) is 3.96. The average Bonchev–Trinajstić information content (AvgIpc) is 2.61. The van der Waals surface area contributed by atoms with Gasteiger partial charge in [-0.3, -0.25) is 9.59 Å². The van der Waals surface area contributed by atoms with Crippen LogP contribution in [-0.4, -0.2) is 43.0 Å². The molecule has 0 bridgehead atoms. The summed E-state index contributed by atoms with van der Waals surface area (Å²) in [5.74, 6) is -0.492. The largest absolute Gasteiger partial charge is 0.453 e. The van der Waals surface area contributed by atoms with Crippen LogP contribution in [0.4, 0.5) is 16.2 Å². The monoisotopic (exact) mass is 333 g/mol. The molecule has 1 atom stereocenters. The molecule has 24 heavy (non-hydrogen) atoms. The van der Waals surface area contributed by atoms with E-state index in [9.17, 15) is 14.4 Å². The first-order valence-electron chi connectivity index (χ1n) is 8.07. The summed E-state index contributed by atoms with van der Waals surface area (Å²) in [7, 11) is 1.34. The lowest BCUT2D eigenvalue weighted by Crippen LogP contribution is -2.43. The Morgan fingerprint density at radius 2 is 1.96 bits per heavy atom. The number of likely N-dealkylation sites (tertiary alicyclic amines) is 1. The number of nitrogens with zero attached hydrogens (tertiary/aromatic N) is 1. The SMILES string of the molecule is CCC(=O)Nc1cccc(NC(=O)[C@@H]2CCCN(C(=O)OC)C2)c1. The van der Waals surface area contributed by atoms with Gasteiger partial charge in [-0.1, -0.05) is 13.0 Å². The number of amides is 3. The number of ether oxygens (including phenoxy) is 1. The number of nitrogens with one attached hydrogen (secondary N) is 2. The molecule has 7 heteroatoms. The number of hydrogen-bond acceptors (Lipinski definition) is 4. The quantitative estimate of drug-likeness (QED) is 0.886. The van der Waals surface area contributed by atoms with Crippen molar-refractivity contribution >= 4 is 29.3 Å². The van der Waals surface area contributed by atoms with Crippen LogP contribution in [0.1, 0.15) is 26.2 Å². The molecular weight excluding hydrogens is 310 g/mol. The fraction of sp³-hybridized carbons (Fsp3) is 0.471. The van der Waals surface area contributed by atoms with Crippen LogP contribution in [-0.2, 0) is 14.3 Å². The maximum Gasteiger partial charge on any atom is 0.409 e. The van der Waals surface area contributed by atoms with E-state index in [-0.39, 0.29) is 17.7 Å². The van der Waals surface area contributed by atoms with Gasteiger partial charge in [0.15, 0.2) is 0 Å². The minimum absolute atomic E-state index is 0.0838. The first-order valence-corrected chi connectivity index (χ1v) is 8.07. The minimum atomic E-state index is -0.406. The third-order valence-corrected chi connectivity index (χ3v) is 3.96. The molecule has 1 aromatic carbocycles. The summed E-state index contributed by atoms with van der Waals surface area (Å²) in [5.41, 5.74) is 1.25. The van der Waals surface area contributed by atoms with Crippen molar-refractivity contribution in [2.75, 3.05) is 30.8 Å². The zero-order valence-electron chi connectivity index (χ0n) is 14.0. The lowest BCUT2D eigenvalue weighted by molar-refractivity contribution is -0.121. The summed E-state index contributed by atoms with van der Waals surface area (Å²) in [6, 6.07) is 7.01. The van der Waals surface area contributed by atoms with Crippen molar-refractivity contribution in [3.63, 3.8) is 0 Å². The van der Waals surface area contributed by atoms with E-state index in [0.717, 1.165) is 12.8 Å². The van der Waals surface area contributed by atoms with Gasteiger partial charge in [-0.25, -0.2) is 4.79 Å². The molecule has 2 rings (SSSR count). The van der Waals surface area contributed by atoms with Gasteiger partial charge in [-0.05, 0) is 31.0 Å². The molecule has 0 saturated carbocycles. The molecular formula is C17H23N3O4. The average molecular weight is 333 g/mol. The third kappa shape index (κ3) is 4.71. The lowest BCUT2D eigenvalue weighted by Gasteiger charge is -2.30. The van der Waals surface area contributed by atoms with Crippen LogP contribution in [0.15, 0.2) is 24.3 Å². The van der Waals surface area contributed by atoms with Crippen LogP contribution in [0.5, 0.6) is 0 Å². The molecule has 1 saturated heterocycles. The van der Waals surface area contributed by atoms with Gasteiger partial charge in [-0.15, -0.1) is 0 Å². The van der Waals surface area contributed by atoms with E-state index in [0.29, 0.717) is 30.9 Å². The molecule has 0 aliphatic carbocycles. The molecule has 0 unspecified atom stereocenters. The highest BCUT2D eigenvalue weighted by Crippen LogP contribution is 2.21. The predicted octanol–water partition coefficient (Wildman–Crippen LogP) is 2.45. The normalized spacial score (nSPS) is 17.1. The van der Waals surface area contributed by atoms with Crippen molar-refractivity contribution in [2.24, 2.45) is 5.92 Å². The molecule has 1 aliphatic heterocycles. The zero-order chi connectivity index (χ0) is 17.5. The van der Waals surface area contributed by atoms with Gasteiger partial charge < -0.3 is 20.3 Å². The summed E-state index contributed by atoms with van der Waals surface area (Å²) in [6.07, 6.45) is 1.48. The van der Waals surface area contributed by atoms with Crippen molar-refractivity contribution in [1.82, 2.24) is 4.90 Å². The Morgan fingerprint density at radius 1 is 1.25 bits per heavy atom. The molecule has 0 spiro atoms. The summed E-state index contributed by atoms with van der Waals surface area (Å²) in [6.45, 7) is 2.73. The van der Waals surface area contributed by atoms with Crippen LogP contribution >= 0.6 is 0 Å². The second-order valence-corrected chi connectivity index (χ2v) is 5.73. The Kier molecular flexibility index (Phi) is 6.17. The van der Waals surface area contributed by atoms with Crippen LogP contribution in [0.3, 0.4) is 0 Å². The Bertz CT molecular complexity index is 618. The lowest BCUT2D eigenvalue weighted by atomic mass is 9.97. The number of carbonyl (C=O) groups is 3. The Balaban J connectivity index is 1.97. The van der Waals surface area contributed by atoms with Crippen molar-refractivity contribution < 1.29 is 19.1 Å². The Labute approximate surface area is 141 Å². The summed E-state index contributed by atoms with van der Waals surface area (Å²) in [5, 5.41) is 5.61. The number of piperidine rings is 1. The first kappa shape index (κ1) is 17.8. The molecule has 2 N–H and O–H groups in total. The highest BCUT2D eigenvalue weighted by Gasteiger charge is 2.28. The second kappa shape index (κ2) is 8.33. The topological polar surface area (TPSA) is 87.7 Å². The smallest absolute Gasteiger partial charge is 0.409 e. The van der Waals surface area contributed by atoms with Gasteiger partial charge in [0.2, 0.25) is 11.8 Å². The predicted molar refractivity (Wildman–Crippen MR) is 90.7 cm³/mol. The summed E-state index contributed by atoms with van der Waals surface area (Å²) < 4.78 is 4.71. The van der Waals surface area contributed by atoms with E-state index >= 15 is 0 Å². The number of methoxy groups -OCH3 is 1. The molecule has 1 aliphatic rings. The van der Waals surface area contributed by atoms with Crippen molar-refractivity contribution in [1.29, 1.82) is 0 Å². The van der Waals surface area contributed by atoms with E-state index in [2.05, 4.69) is 10.6 Å². The maximum absolute atomic E-state index is 12.4. The van der Waals surface area contributed by atoms with E-state index in [4.69, 9.17) is 4.74 Å². The summed E-state index contributed by atoms with van der Waals surface area (Å²) >= 11 is 0. The van der Waals surface area contributed by atoms with E-state index < -0.39 is 6.09 Å². The van der Waals surface area contributed by atoms with E-state index in [1.54, 1.807) is 36.1 Å². The molecule has 1 heterocycles. The molecule has 1 aromatic rings. The van der Waals surface area contributed by atoms with Crippen LogP contribution in [0.2, 0.25) is 0 Å². The second-order valence-electron chi connectivity index (χ2n) is 5.73. The molecule has 0 radical (unpaired) electrons. The van der Waals surface area contributed by atoms with E-state index in [1.165, 1.54) is 7.11 Å². The van der Waals surface area contributed by atoms with Crippen LogP contribution < -0.4 is 10.6 Å². The standard InChI is InChI=1S/C17H23N3O4/c1-3-15(21)18-13-7-4-8-14(10-13)19-16(22)12-6-5-9-20(11-12)17(23)24-2/h4,7-8,10,12H,3,5-6,9,11H2,1-2H3,(H,18,21)(H,19,22)/t12-/m1/s1. The van der Waals surface area contributed by atoms with Crippen molar-refractivity contribution in [3.05, 3.63) is 24.3 Å².